The second kappa shape index (κ2) is 4.68. The summed E-state index contributed by atoms with van der Waals surface area (Å²) in [4.78, 5) is 4.15. The van der Waals surface area contributed by atoms with Gasteiger partial charge in [0.05, 0.1) is 22.3 Å². The number of aromatic nitrogens is 1. The molecule has 0 bridgehead atoms. The van der Waals surface area contributed by atoms with E-state index in [9.17, 15) is 0 Å². The van der Waals surface area contributed by atoms with Gasteiger partial charge in [0.25, 0.3) is 0 Å². The number of furan rings is 1. The molecule has 0 amide bonds. The molecule has 2 aromatic rings. The van der Waals surface area contributed by atoms with Gasteiger partial charge in [0.1, 0.15) is 11.6 Å². The van der Waals surface area contributed by atoms with Gasteiger partial charge in [0.2, 0.25) is 0 Å². The number of hydrogen-bond acceptors (Lipinski definition) is 3. The van der Waals surface area contributed by atoms with Crippen molar-refractivity contribution in [2.75, 3.05) is 5.32 Å². The summed E-state index contributed by atoms with van der Waals surface area (Å²) in [7, 11) is 0. The third kappa shape index (κ3) is 2.73. The summed E-state index contributed by atoms with van der Waals surface area (Å²) < 4.78 is 6.02. The lowest BCUT2D eigenvalue weighted by molar-refractivity contribution is 0.518. The molecule has 0 atom stereocenters. The summed E-state index contributed by atoms with van der Waals surface area (Å²) in [5.41, 5.74) is 0. The van der Waals surface area contributed by atoms with Gasteiger partial charge in [-0.3, -0.25) is 0 Å². The summed E-state index contributed by atoms with van der Waals surface area (Å²) in [5.74, 6) is 1.61. The van der Waals surface area contributed by atoms with Gasteiger partial charge in [-0.2, -0.15) is 0 Å². The van der Waals surface area contributed by atoms with Crippen LogP contribution in [0.1, 0.15) is 5.76 Å². The van der Waals surface area contributed by atoms with Gasteiger partial charge in [-0.25, -0.2) is 4.98 Å². The minimum absolute atomic E-state index is 0.597. The smallest absolute Gasteiger partial charge is 0.140 e. The first-order valence-corrected chi connectivity index (χ1v) is 5.50. The van der Waals surface area contributed by atoms with Gasteiger partial charge >= 0.3 is 0 Å². The van der Waals surface area contributed by atoms with E-state index in [0.29, 0.717) is 11.6 Å². The van der Waals surface area contributed by atoms with E-state index in [1.807, 2.05) is 12.1 Å². The van der Waals surface area contributed by atoms with Crippen LogP contribution < -0.4 is 5.32 Å². The predicted octanol–water partition coefficient (Wildman–Crippen LogP) is 3.70. The zero-order valence-corrected chi connectivity index (χ0v) is 10.0. The molecule has 0 fully saturated rings. The van der Waals surface area contributed by atoms with Crippen molar-refractivity contribution in [3.63, 3.8) is 0 Å². The van der Waals surface area contributed by atoms with Crippen molar-refractivity contribution in [3.8, 4) is 0 Å². The van der Waals surface area contributed by atoms with E-state index in [4.69, 9.17) is 16.0 Å². The Labute approximate surface area is 101 Å². The highest BCUT2D eigenvalue weighted by Crippen LogP contribution is 2.23. The van der Waals surface area contributed by atoms with Crippen LogP contribution in [0.4, 0.5) is 5.82 Å². The van der Waals surface area contributed by atoms with Gasteiger partial charge in [-0.15, -0.1) is 0 Å². The monoisotopic (exact) mass is 286 g/mol. The highest BCUT2D eigenvalue weighted by Gasteiger charge is 2.02. The van der Waals surface area contributed by atoms with E-state index in [0.717, 1.165) is 16.1 Å². The number of anilines is 1. The van der Waals surface area contributed by atoms with Crippen LogP contribution in [0.2, 0.25) is 5.02 Å². The number of halogens is 2. The van der Waals surface area contributed by atoms with Crippen LogP contribution in [-0.4, -0.2) is 4.98 Å². The maximum atomic E-state index is 5.78. The van der Waals surface area contributed by atoms with Gasteiger partial charge < -0.3 is 9.73 Å². The molecule has 78 valence electrons. The molecule has 1 N–H and O–H groups in total. The molecule has 2 rings (SSSR count). The molecule has 0 saturated carbocycles. The van der Waals surface area contributed by atoms with Gasteiger partial charge in [-0.05, 0) is 34.1 Å². The molecule has 0 aliphatic rings. The molecule has 5 heteroatoms. The minimum atomic E-state index is 0.597. The van der Waals surface area contributed by atoms with Crippen LogP contribution in [0.3, 0.4) is 0 Å². The van der Waals surface area contributed by atoms with Crippen molar-refractivity contribution in [1.29, 1.82) is 0 Å². The Balaban J connectivity index is 2.05. The van der Waals surface area contributed by atoms with Gasteiger partial charge in [0.15, 0.2) is 0 Å². The topological polar surface area (TPSA) is 38.1 Å². The summed E-state index contributed by atoms with van der Waals surface area (Å²) in [6.45, 7) is 0.597. The van der Waals surface area contributed by atoms with Crippen LogP contribution >= 0.6 is 27.5 Å². The fraction of sp³-hybridized carbons (Fsp3) is 0.100. The van der Waals surface area contributed by atoms with Crippen LogP contribution in [-0.2, 0) is 6.54 Å². The van der Waals surface area contributed by atoms with Crippen molar-refractivity contribution in [2.45, 2.75) is 6.54 Å². The first-order valence-electron chi connectivity index (χ1n) is 4.33. The molecule has 2 aromatic heterocycles. The molecule has 0 aliphatic heterocycles. The SMILES string of the molecule is Clc1cnc(NCc2ccco2)c(Br)c1. The summed E-state index contributed by atoms with van der Waals surface area (Å²) in [6, 6.07) is 5.54. The largest absolute Gasteiger partial charge is 0.467 e. The third-order valence-electron chi connectivity index (χ3n) is 1.82. The van der Waals surface area contributed by atoms with Gasteiger partial charge in [-0.1, -0.05) is 11.6 Å². The Kier molecular flexibility index (Phi) is 3.28. The van der Waals surface area contributed by atoms with Crippen molar-refractivity contribution in [3.05, 3.63) is 45.9 Å². The van der Waals surface area contributed by atoms with Crippen molar-refractivity contribution >= 4 is 33.3 Å². The highest BCUT2D eigenvalue weighted by atomic mass is 79.9. The Morgan fingerprint density at radius 3 is 3.07 bits per heavy atom. The molecule has 0 unspecified atom stereocenters. The van der Waals surface area contributed by atoms with E-state index >= 15 is 0 Å². The van der Waals surface area contributed by atoms with E-state index in [2.05, 4.69) is 26.2 Å². The standard InChI is InChI=1S/C10H8BrClN2O/c11-9-4-7(12)5-13-10(9)14-6-8-2-1-3-15-8/h1-5H,6H2,(H,13,14). The van der Waals surface area contributed by atoms with Crippen LogP contribution in [0.5, 0.6) is 0 Å². The first kappa shape index (κ1) is 10.5. The second-order valence-electron chi connectivity index (χ2n) is 2.92. The average Bonchev–Trinajstić information content (AvgIpc) is 2.69. The molecule has 3 nitrogen and oxygen atoms in total. The second-order valence-corrected chi connectivity index (χ2v) is 4.21. The number of pyridine rings is 1. The fourth-order valence-electron chi connectivity index (χ4n) is 1.13. The quantitative estimate of drug-likeness (QED) is 0.935. The van der Waals surface area contributed by atoms with Crippen molar-refractivity contribution in [2.24, 2.45) is 0 Å². The first-order chi connectivity index (χ1) is 7.25. The Morgan fingerprint density at radius 2 is 2.40 bits per heavy atom. The zero-order chi connectivity index (χ0) is 10.7. The average molecular weight is 288 g/mol. The van der Waals surface area contributed by atoms with E-state index < -0.39 is 0 Å². The van der Waals surface area contributed by atoms with Crippen LogP contribution in [0.15, 0.2) is 39.5 Å². The normalized spacial score (nSPS) is 10.3. The van der Waals surface area contributed by atoms with Crippen LogP contribution in [0, 0.1) is 0 Å². The fourth-order valence-corrected chi connectivity index (χ4v) is 1.91. The number of rotatable bonds is 3. The lowest BCUT2D eigenvalue weighted by atomic mass is 10.4. The summed E-state index contributed by atoms with van der Waals surface area (Å²) in [6.07, 6.45) is 3.23. The van der Waals surface area contributed by atoms with E-state index in [1.54, 1.807) is 18.5 Å². The maximum absolute atomic E-state index is 5.78. The van der Waals surface area contributed by atoms with E-state index in [-0.39, 0.29) is 0 Å². The molecular weight excluding hydrogens is 279 g/mol. The molecule has 0 spiro atoms. The molecule has 0 radical (unpaired) electrons. The lowest BCUT2D eigenvalue weighted by Crippen LogP contribution is -2.00. The third-order valence-corrected chi connectivity index (χ3v) is 2.63. The molecule has 15 heavy (non-hydrogen) atoms. The molecular formula is C10H8BrClN2O. The van der Waals surface area contributed by atoms with Crippen molar-refractivity contribution in [1.82, 2.24) is 4.98 Å². The molecule has 0 saturated heterocycles. The zero-order valence-electron chi connectivity index (χ0n) is 7.71. The van der Waals surface area contributed by atoms with Crippen LogP contribution in [0.25, 0.3) is 0 Å². The summed E-state index contributed by atoms with van der Waals surface area (Å²) >= 11 is 9.15. The maximum Gasteiger partial charge on any atom is 0.140 e. The Bertz CT molecular complexity index is 445. The lowest BCUT2D eigenvalue weighted by Gasteiger charge is -2.05. The van der Waals surface area contributed by atoms with Gasteiger partial charge in [0, 0.05) is 6.20 Å². The molecule has 2 heterocycles. The summed E-state index contributed by atoms with van der Waals surface area (Å²) in [5, 5.41) is 3.73. The molecule has 0 aliphatic carbocycles. The van der Waals surface area contributed by atoms with Crippen molar-refractivity contribution < 1.29 is 4.42 Å². The Morgan fingerprint density at radius 1 is 1.53 bits per heavy atom. The number of hydrogen-bond donors (Lipinski definition) is 1. The minimum Gasteiger partial charge on any atom is -0.467 e. The molecule has 0 aromatic carbocycles. The highest BCUT2D eigenvalue weighted by molar-refractivity contribution is 9.10. The number of nitrogens with one attached hydrogen (secondary N) is 1. The Hall–Kier alpha value is -1.00. The predicted molar refractivity (Wildman–Crippen MR) is 63.0 cm³/mol. The van der Waals surface area contributed by atoms with E-state index in [1.165, 1.54) is 0 Å². The number of nitrogens with zero attached hydrogens (tertiary/aromatic N) is 1.